The summed E-state index contributed by atoms with van der Waals surface area (Å²) in [5.74, 6) is 1.70. The number of hydrogen-bond acceptors (Lipinski definition) is 7. The highest BCUT2D eigenvalue weighted by atomic mass is 16.5. The second-order valence-corrected chi connectivity index (χ2v) is 4.57. The first-order valence-electron chi connectivity index (χ1n) is 6.38. The molecular formula is C12H16N4O3. The van der Waals surface area contributed by atoms with E-state index in [4.69, 9.17) is 13.8 Å². The van der Waals surface area contributed by atoms with Gasteiger partial charge in [0.15, 0.2) is 17.3 Å². The second-order valence-electron chi connectivity index (χ2n) is 4.57. The van der Waals surface area contributed by atoms with Crippen LogP contribution in [0, 0.1) is 0 Å². The first-order valence-corrected chi connectivity index (χ1v) is 6.38. The Morgan fingerprint density at radius 2 is 2.32 bits per heavy atom. The second kappa shape index (κ2) is 5.50. The van der Waals surface area contributed by atoms with Crippen molar-refractivity contribution in [1.29, 1.82) is 0 Å². The maximum Gasteiger partial charge on any atom is 0.280 e. The van der Waals surface area contributed by atoms with Crippen molar-refractivity contribution in [3.63, 3.8) is 0 Å². The average molecular weight is 264 g/mol. The van der Waals surface area contributed by atoms with E-state index in [1.54, 1.807) is 13.2 Å². The molecule has 1 N–H and O–H groups in total. The summed E-state index contributed by atoms with van der Waals surface area (Å²) in [7, 11) is 1.60. The Morgan fingerprint density at radius 1 is 1.37 bits per heavy atom. The standard InChI is InChI=1S/C12H16N4O3/c1-17-7-8-6-10(15-18-8)12-14-11(16-19-12)9-4-2-3-5-13-9/h6,9,13H,2-5,7H2,1H3. The van der Waals surface area contributed by atoms with Crippen molar-refractivity contribution in [2.24, 2.45) is 0 Å². The third kappa shape index (κ3) is 2.66. The monoisotopic (exact) mass is 264 g/mol. The average Bonchev–Trinajstić information content (AvgIpc) is 3.08. The minimum Gasteiger partial charge on any atom is -0.377 e. The van der Waals surface area contributed by atoms with E-state index in [0.717, 1.165) is 13.0 Å². The molecule has 0 spiro atoms. The summed E-state index contributed by atoms with van der Waals surface area (Å²) in [5, 5.41) is 11.3. The zero-order valence-electron chi connectivity index (χ0n) is 10.8. The third-order valence-corrected chi connectivity index (χ3v) is 3.13. The van der Waals surface area contributed by atoms with Crippen LogP contribution < -0.4 is 5.32 Å². The highest BCUT2D eigenvalue weighted by Gasteiger charge is 2.22. The summed E-state index contributed by atoms with van der Waals surface area (Å²) in [6.07, 6.45) is 3.42. The predicted octanol–water partition coefficient (Wildman–Crippen LogP) is 1.69. The van der Waals surface area contributed by atoms with Gasteiger partial charge in [0.2, 0.25) is 0 Å². The summed E-state index contributed by atoms with van der Waals surface area (Å²) < 4.78 is 15.3. The van der Waals surface area contributed by atoms with Crippen LogP contribution in [0.4, 0.5) is 0 Å². The zero-order valence-corrected chi connectivity index (χ0v) is 10.8. The maximum absolute atomic E-state index is 5.23. The van der Waals surface area contributed by atoms with E-state index in [2.05, 4.69) is 20.6 Å². The molecular weight excluding hydrogens is 248 g/mol. The highest BCUT2D eigenvalue weighted by molar-refractivity contribution is 5.45. The van der Waals surface area contributed by atoms with Crippen molar-refractivity contribution >= 4 is 0 Å². The molecule has 1 aliphatic rings. The van der Waals surface area contributed by atoms with E-state index in [1.807, 2.05) is 0 Å². The summed E-state index contributed by atoms with van der Waals surface area (Å²) in [6.45, 7) is 1.37. The minimum absolute atomic E-state index is 0.177. The van der Waals surface area contributed by atoms with Gasteiger partial charge in [-0.25, -0.2) is 0 Å². The van der Waals surface area contributed by atoms with Crippen LogP contribution in [0.2, 0.25) is 0 Å². The Balaban J connectivity index is 1.75. The number of rotatable bonds is 4. The Kier molecular flexibility index (Phi) is 3.56. The van der Waals surface area contributed by atoms with Gasteiger partial charge in [-0.1, -0.05) is 16.7 Å². The number of hydrogen-bond donors (Lipinski definition) is 1. The van der Waals surface area contributed by atoms with E-state index >= 15 is 0 Å². The molecule has 1 atom stereocenters. The van der Waals surface area contributed by atoms with Crippen LogP contribution in [-0.2, 0) is 11.3 Å². The lowest BCUT2D eigenvalue weighted by Gasteiger charge is -2.19. The van der Waals surface area contributed by atoms with Gasteiger partial charge in [-0.05, 0) is 19.4 Å². The fourth-order valence-corrected chi connectivity index (χ4v) is 2.18. The third-order valence-electron chi connectivity index (χ3n) is 3.13. The van der Waals surface area contributed by atoms with Crippen molar-refractivity contribution in [2.45, 2.75) is 31.9 Å². The Hall–Kier alpha value is -1.73. The molecule has 102 valence electrons. The highest BCUT2D eigenvalue weighted by Crippen LogP contribution is 2.23. The summed E-state index contributed by atoms with van der Waals surface area (Å²) in [4.78, 5) is 4.37. The van der Waals surface area contributed by atoms with Crippen molar-refractivity contribution in [3.8, 4) is 11.6 Å². The lowest BCUT2D eigenvalue weighted by atomic mass is 10.0. The lowest BCUT2D eigenvalue weighted by molar-refractivity contribution is 0.156. The first-order chi connectivity index (χ1) is 9.36. The van der Waals surface area contributed by atoms with Crippen LogP contribution in [0.15, 0.2) is 15.1 Å². The molecule has 1 fully saturated rings. The smallest absolute Gasteiger partial charge is 0.280 e. The first kappa shape index (κ1) is 12.3. The number of nitrogens with zero attached hydrogens (tertiary/aromatic N) is 3. The van der Waals surface area contributed by atoms with Crippen LogP contribution in [-0.4, -0.2) is 29.0 Å². The van der Waals surface area contributed by atoms with E-state index < -0.39 is 0 Å². The molecule has 0 bridgehead atoms. The molecule has 0 aromatic carbocycles. The number of piperidine rings is 1. The van der Waals surface area contributed by atoms with Gasteiger partial charge in [-0.2, -0.15) is 4.98 Å². The fourth-order valence-electron chi connectivity index (χ4n) is 2.18. The van der Waals surface area contributed by atoms with Crippen molar-refractivity contribution in [3.05, 3.63) is 17.7 Å². The maximum atomic E-state index is 5.23. The van der Waals surface area contributed by atoms with Crippen LogP contribution in [0.5, 0.6) is 0 Å². The zero-order chi connectivity index (χ0) is 13.1. The molecule has 3 heterocycles. The molecule has 0 saturated carbocycles. The van der Waals surface area contributed by atoms with Crippen molar-refractivity contribution in [2.75, 3.05) is 13.7 Å². The molecule has 7 heteroatoms. The Bertz CT molecular complexity index is 531. The lowest BCUT2D eigenvalue weighted by Crippen LogP contribution is -2.27. The number of aromatic nitrogens is 3. The van der Waals surface area contributed by atoms with Crippen LogP contribution in [0.3, 0.4) is 0 Å². The molecule has 0 aliphatic carbocycles. The quantitative estimate of drug-likeness (QED) is 0.899. The molecule has 1 unspecified atom stereocenters. The van der Waals surface area contributed by atoms with Gasteiger partial charge in [0.05, 0.1) is 6.04 Å². The van der Waals surface area contributed by atoms with Crippen LogP contribution >= 0.6 is 0 Å². The largest absolute Gasteiger partial charge is 0.377 e. The molecule has 7 nitrogen and oxygen atoms in total. The van der Waals surface area contributed by atoms with Crippen LogP contribution in [0.1, 0.15) is 36.9 Å². The molecule has 2 aromatic heterocycles. The number of nitrogens with one attached hydrogen (secondary N) is 1. The van der Waals surface area contributed by atoms with Gasteiger partial charge < -0.3 is 19.1 Å². The minimum atomic E-state index is 0.177. The van der Waals surface area contributed by atoms with Gasteiger partial charge in [-0.3, -0.25) is 0 Å². The molecule has 19 heavy (non-hydrogen) atoms. The van der Waals surface area contributed by atoms with E-state index in [1.165, 1.54) is 12.8 Å². The molecule has 1 aliphatic heterocycles. The van der Waals surface area contributed by atoms with Gasteiger partial charge >= 0.3 is 0 Å². The number of ether oxygens (including phenoxy) is 1. The van der Waals surface area contributed by atoms with Gasteiger partial charge in [0.25, 0.3) is 5.89 Å². The number of methoxy groups -OCH3 is 1. The van der Waals surface area contributed by atoms with Gasteiger partial charge in [-0.15, -0.1) is 0 Å². The molecule has 0 radical (unpaired) electrons. The normalized spacial score (nSPS) is 19.7. The Labute approximate surface area is 110 Å². The predicted molar refractivity (Wildman–Crippen MR) is 65.1 cm³/mol. The van der Waals surface area contributed by atoms with Crippen molar-refractivity contribution in [1.82, 2.24) is 20.6 Å². The van der Waals surface area contributed by atoms with Crippen molar-refractivity contribution < 1.29 is 13.8 Å². The SMILES string of the molecule is COCc1cc(-c2nc(C3CCCCN3)no2)no1. The molecule has 3 rings (SSSR count). The van der Waals surface area contributed by atoms with Gasteiger partial charge in [0, 0.05) is 13.2 Å². The van der Waals surface area contributed by atoms with Gasteiger partial charge in [0.1, 0.15) is 6.61 Å². The topological polar surface area (TPSA) is 86.2 Å². The Morgan fingerprint density at radius 3 is 3.11 bits per heavy atom. The van der Waals surface area contributed by atoms with E-state index in [-0.39, 0.29) is 6.04 Å². The summed E-state index contributed by atoms with van der Waals surface area (Å²) in [6, 6.07) is 1.92. The van der Waals surface area contributed by atoms with E-state index in [9.17, 15) is 0 Å². The fraction of sp³-hybridized carbons (Fsp3) is 0.583. The van der Waals surface area contributed by atoms with Crippen LogP contribution in [0.25, 0.3) is 11.6 Å². The summed E-state index contributed by atoms with van der Waals surface area (Å²) >= 11 is 0. The summed E-state index contributed by atoms with van der Waals surface area (Å²) in [5.41, 5.74) is 0.543. The van der Waals surface area contributed by atoms with E-state index in [0.29, 0.717) is 29.8 Å². The molecule has 1 saturated heterocycles. The molecule has 2 aromatic rings. The molecule has 0 amide bonds.